The summed E-state index contributed by atoms with van der Waals surface area (Å²) in [7, 11) is -1.34. The van der Waals surface area contributed by atoms with Crippen molar-refractivity contribution < 1.29 is 24.5 Å². The Labute approximate surface area is 283 Å². The quantitative estimate of drug-likeness (QED) is 0.129. The van der Waals surface area contributed by atoms with Crippen LogP contribution in [0.25, 0.3) is 44.6 Å². The molecular formula is C39H43IrN3OSi-2. The molecule has 0 amide bonds. The molecule has 6 aromatic rings. The van der Waals surface area contributed by atoms with Crippen LogP contribution in [0.3, 0.4) is 0 Å². The van der Waals surface area contributed by atoms with Crippen LogP contribution in [-0.4, -0.2) is 23.0 Å². The maximum atomic E-state index is 6.06. The average molecular weight is 790 g/mol. The van der Waals surface area contributed by atoms with Crippen LogP contribution in [0.5, 0.6) is 0 Å². The topological polar surface area (TPSA) is 51.8 Å². The second-order valence-electron chi connectivity index (χ2n) is 14.0. The van der Waals surface area contributed by atoms with Crippen LogP contribution in [0.4, 0.5) is 0 Å². The van der Waals surface area contributed by atoms with E-state index in [1.165, 1.54) is 16.3 Å². The monoisotopic (exact) mass is 790 g/mol. The largest absolute Gasteiger partial charge is 0.486 e. The number of benzene rings is 2. The smallest absolute Gasteiger partial charge is 0.216 e. The Hall–Kier alpha value is -3.44. The molecule has 0 aliphatic rings. The number of fused-ring (bicyclic) bond motifs is 3. The van der Waals surface area contributed by atoms with Crippen molar-refractivity contribution >= 4 is 35.3 Å². The molecule has 0 aliphatic carbocycles. The fraction of sp³-hybridized carbons (Fsp3) is 0.308. The van der Waals surface area contributed by atoms with E-state index in [1.807, 2.05) is 49.5 Å². The van der Waals surface area contributed by atoms with Crippen LogP contribution >= 0.6 is 0 Å². The molecule has 0 saturated heterocycles. The summed E-state index contributed by atoms with van der Waals surface area (Å²) in [6.45, 7) is 20.3. The van der Waals surface area contributed by atoms with Gasteiger partial charge in [-0.05, 0) is 65.0 Å². The summed E-state index contributed by atoms with van der Waals surface area (Å²) in [5.74, 6) is 0.667. The molecule has 45 heavy (non-hydrogen) atoms. The predicted octanol–water partition coefficient (Wildman–Crippen LogP) is 9.74. The van der Waals surface area contributed by atoms with Crippen LogP contribution in [-0.2, 0) is 31.9 Å². The average Bonchev–Trinajstić information content (AvgIpc) is 3.34. The van der Waals surface area contributed by atoms with Crippen molar-refractivity contribution in [2.45, 2.75) is 73.0 Å². The number of nitrogens with zero attached hydrogens (tertiary/aromatic N) is 3. The van der Waals surface area contributed by atoms with E-state index in [0.717, 1.165) is 51.0 Å². The van der Waals surface area contributed by atoms with Crippen LogP contribution in [0.2, 0.25) is 19.6 Å². The zero-order valence-electron chi connectivity index (χ0n) is 27.9. The van der Waals surface area contributed by atoms with E-state index >= 15 is 0 Å². The summed E-state index contributed by atoms with van der Waals surface area (Å²) in [6.07, 6.45) is 5.09. The van der Waals surface area contributed by atoms with Gasteiger partial charge in [-0.1, -0.05) is 82.9 Å². The number of aryl methyl sites for hydroxylation is 1. The number of hydrogen-bond acceptors (Lipinski definition) is 4. The van der Waals surface area contributed by atoms with Gasteiger partial charge in [0.25, 0.3) is 0 Å². The molecule has 0 saturated carbocycles. The Morgan fingerprint density at radius 1 is 0.867 bits per heavy atom. The third kappa shape index (κ3) is 8.05. The van der Waals surface area contributed by atoms with Crippen LogP contribution in [0.1, 0.15) is 51.4 Å². The normalized spacial score (nSPS) is 11.8. The van der Waals surface area contributed by atoms with Crippen molar-refractivity contribution in [2.24, 2.45) is 5.92 Å². The van der Waals surface area contributed by atoms with Gasteiger partial charge in [-0.25, -0.2) is 4.98 Å². The molecule has 6 heteroatoms. The van der Waals surface area contributed by atoms with Gasteiger partial charge in [0.2, 0.25) is 5.71 Å². The van der Waals surface area contributed by atoms with Crippen LogP contribution < -0.4 is 5.19 Å². The third-order valence-corrected chi connectivity index (χ3v) is 9.80. The molecular weight excluding hydrogens is 747 g/mol. The standard InChI is InChI=1S/C21H19N2O.C18H24NSi.Ir/c1-13-8-9-16-15-6-5-7-17(19(15)24-20(16)23-13)18-12-14(10-11-22-18)21(2,3)4;1-14(2)11-16-12-17(15-9-7-6-8-10-15)19-13-18(16)20(3,4)5;/h5-6,8-12H,1-4H3;6-9,12-14H,11H2,1-5H3;/q2*-1;. The van der Waals surface area contributed by atoms with Gasteiger partial charge < -0.3 is 14.4 Å². The molecule has 6 rings (SSSR count). The summed E-state index contributed by atoms with van der Waals surface area (Å²) in [4.78, 5) is 13.7. The summed E-state index contributed by atoms with van der Waals surface area (Å²) >= 11 is 0. The molecule has 0 fully saturated rings. The van der Waals surface area contributed by atoms with Crippen molar-refractivity contribution in [1.29, 1.82) is 0 Å². The molecule has 0 N–H and O–H groups in total. The van der Waals surface area contributed by atoms with Crippen molar-refractivity contribution in [1.82, 2.24) is 15.0 Å². The molecule has 0 spiro atoms. The second-order valence-corrected chi connectivity index (χ2v) is 19.1. The van der Waals surface area contributed by atoms with E-state index in [9.17, 15) is 0 Å². The van der Waals surface area contributed by atoms with Gasteiger partial charge in [-0.2, -0.15) is 0 Å². The Morgan fingerprint density at radius 3 is 2.31 bits per heavy atom. The fourth-order valence-electron chi connectivity index (χ4n) is 5.42. The number of aromatic nitrogens is 3. The molecule has 0 unspecified atom stereocenters. The summed E-state index contributed by atoms with van der Waals surface area (Å²) in [5, 5.41) is 3.57. The Bertz CT molecular complexity index is 1900. The van der Waals surface area contributed by atoms with Crippen molar-refractivity contribution in [3.05, 3.63) is 108 Å². The SMILES string of the molecule is CC(C)Cc1cc(-c2[c-]cccc2)ncc1[Si](C)(C)C.Cc1ccc2c(n1)oc1c(-c3cc(C(C)(C)C)ccn3)[c-]ccc12.[Ir]. The minimum atomic E-state index is -1.34. The first-order chi connectivity index (χ1) is 20.8. The van der Waals surface area contributed by atoms with Crippen molar-refractivity contribution in [3.8, 4) is 22.5 Å². The Kier molecular flexibility index (Phi) is 10.6. The van der Waals surface area contributed by atoms with E-state index in [1.54, 1.807) is 0 Å². The number of furan rings is 1. The Balaban J connectivity index is 0.000000204. The van der Waals surface area contributed by atoms with E-state index < -0.39 is 8.07 Å². The first-order valence-electron chi connectivity index (χ1n) is 15.4. The zero-order valence-corrected chi connectivity index (χ0v) is 31.3. The van der Waals surface area contributed by atoms with Gasteiger partial charge >= 0.3 is 0 Å². The van der Waals surface area contributed by atoms with Gasteiger partial charge in [0.15, 0.2) is 0 Å². The molecule has 0 aliphatic heterocycles. The summed E-state index contributed by atoms with van der Waals surface area (Å²) < 4.78 is 6.06. The summed E-state index contributed by atoms with van der Waals surface area (Å²) in [6, 6.07) is 29.1. The maximum Gasteiger partial charge on any atom is 0.216 e. The maximum absolute atomic E-state index is 6.06. The third-order valence-electron chi connectivity index (χ3n) is 7.73. The Morgan fingerprint density at radius 2 is 1.64 bits per heavy atom. The van der Waals surface area contributed by atoms with Gasteiger partial charge in [0.1, 0.15) is 0 Å². The van der Waals surface area contributed by atoms with E-state index in [4.69, 9.17) is 4.42 Å². The molecule has 1 radical (unpaired) electrons. The van der Waals surface area contributed by atoms with Gasteiger partial charge in [-0.15, -0.1) is 54.1 Å². The van der Waals surface area contributed by atoms with Gasteiger partial charge in [-0.3, -0.25) is 0 Å². The van der Waals surface area contributed by atoms with Crippen molar-refractivity contribution in [2.75, 3.05) is 0 Å². The van der Waals surface area contributed by atoms with E-state index in [-0.39, 0.29) is 25.5 Å². The number of pyridine rings is 3. The number of rotatable bonds is 5. The molecule has 235 valence electrons. The fourth-order valence-corrected chi connectivity index (χ4v) is 7.01. The van der Waals surface area contributed by atoms with E-state index in [0.29, 0.717) is 11.6 Å². The van der Waals surface area contributed by atoms with Crippen LogP contribution in [0.15, 0.2) is 83.5 Å². The predicted molar refractivity (Wildman–Crippen MR) is 187 cm³/mol. The summed E-state index contributed by atoms with van der Waals surface area (Å²) in [5.41, 5.74) is 9.07. The van der Waals surface area contributed by atoms with Crippen LogP contribution in [0, 0.1) is 25.0 Å². The molecule has 4 heterocycles. The molecule has 4 aromatic heterocycles. The molecule has 4 nitrogen and oxygen atoms in total. The first-order valence-corrected chi connectivity index (χ1v) is 18.9. The zero-order chi connectivity index (χ0) is 31.6. The van der Waals surface area contributed by atoms with Gasteiger partial charge in [0, 0.05) is 43.6 Å². The van der Waals surface area contributed by atoms with Gasteiger partial charge in [0.05, 0.1) is 13.7 Å². The minimum Gasteiger partial charge on any atom is -0.486 e. The second kappa shape index (κ2) is 13.9. The van der Waals surface area contributed by atoms with E-state index in [2.05, 4.69) is 118 Å². The molecule has 0 atom stereocenters. The number of hydrogen-bond donors (Lipinski definition) is 0. The molecule has 0 bridgehead atoms. The molecule has 2 aromatic carbocycles. The van der Waals surface area contributed by atoms with Crippen molar-refractivity contribution in [3.63, 3.8) is 0 Å². The first kappa shape index (κ1) is 34.4. The minimum absolute atomic E-state index is 0.